The van der Waals surface area contributed by atoms with Gasteiger partial charge < -0.3 is 9.31 Å². The first-order chi connectivity index (χ1) is 9.75. The number of hydrogen-bond donors (Lipinski definition) is 0. The molecule has 21 heavy (non-hydrogen) atoms. The van der Waals surface area contributed by atoms with Crippen LogP contribution in [-0.4, -0.2) is 28.1 Å². The van der Waals surface area contributed by atoms with Crippen LogP contribution in [0.1, 0.15) is 33.3 Å². The molecule has 2 heterocycles. The predicted octanol–water partition coefficient (Wildman–Crippen LogP) is 1.74. The maximum absolute atomic E-state index is 9.24. The van der Waals surface area contributed by atoms with E-state index >= 15 is 0 Å². The van der Waals surface area contributed by atoms with Crippen LogP contribution in [0.4, 0.5) is 0 Å². The summed E-state index contributed by atoms with van der Waals surface area (Å²) in [4.78, 5) is 0. The van der Waals surface area contributed by atoms with E-state index in [1.54, 1.807) is 10.9 Å². The lowest BCUT2D eigenvalue weighted by Gasteiger charge is -2.32. The molecule has 0 atom stereocenters. The second kappa shape index (κ2) is 4.33. The summed E-state index contributed by atoms with van der Waals surface area (Å²) >= 11 is 0. The van der Waals surface area contributed by atoms with Gasteiger partial charge in [0.05, 0.1) is 34.5 Å². The molecule has 0 radical (unpaired) electrons. The molecule has 0 bridgehead atoms. The van der Waals surface area contributed by atoms with Gasteiger partial charge in [-0.05, 0) is 45.3 Å². The molecule has 2 aromatic rings. The van der Waals surface area contributed by atoms with E-state index in [4.69, 9.17) is 9.31 Å². The van der Waals surface area contributed by atoms with Crippen LogP contribution in [-0.2, 0) is 16.4 Å². The minimum atomic E-state index is -0.491. The summed E-state index contributed by atoms with van der Waals surface area (Å²) in [6, 6.07) is 5.85. The highest BCUT2D eigenvalue weighted by Gasteiger charge is 2.52. The molecule has 0 unspecified atom stereocenters. The first kappa shape index (κ1) is 14.1. The molecule has 6 heteroatoms. The maximum atomic E-state index is 9.24. The van der Waals surface area contributed by atoms with Crippen LogP contribution < -0.4 is 5.46 Å². The molecule has 5 nitrogen and oxygen atoms in total. The van der Waals surface area contributed by atoms with Gasteiger partial charge in [-0.25, -0.2) is 0 Å². The fourth-order valence-electron chi connectivity index (χ4n) is 2.50. The zero-order valence-corrected chi connectivity index (χ0v) is 13.0. The third-order valence-electron chi connectivity index (χ3n) is 4.54. The summed E-state index contributed by atoms with van der Waals surface area (Å²) in [6.07, 6.45) is 1.79. The van der Waals surface area contributed by atoms with Gasteiger partial charge in [0, 0.05) is 12.4 Å². The highest BCUT2D eigenvalue weighted by Crippen LogP contribution is 2.37. The predicted molar refractivity (Wildman–Crippen MR) is 81.1 cm³/mol. The zero-order valence-electron chi connectivity index (χ0n) is 13.0. The van der Waals surface area contributed by atoms with Crippen LogP contribution in [0.3, 0.4) is 0 Å². The molecule has 0 N–H and O–H groups in total. The summed E-state index contributed by atoms with van der Waals surface area (Å²) in [5.74, 6) is 0. The summed E-state index contributed by atoms with van der Waals surface area (Å²) in [5, 5.41) is 14.5. The topological polar surface area (TPSA) is 60.1 Å². The van der Waals surface area contributed by atoms with Gasteiger partial charge >= 0.3 is 7.12 Å². The monoisotopic (exact) mass is 283 g/mol. The molecule has 1 aromatic carbocycles. The molecule has 3 rings (SSSR count). The second-order valence-electron chi connectivity index (χ2n) is 6.47. The Bertz CT molecular complexity index is 742. The van der Waals surface area contributed by atoms with Crippen LogP contribution >= 0.6 is 0 Å². The number of rotatable bonds is 1. The maximum Gasteiger partial charge on any atom is 0.495 e. The van der Waals surface area contributed by atoms with E-state index in [1.165, 1.54) is 0 Å². The number of hydrogen-bond acceptors (Lipinski definition) is 4. The molecule has 0 amide bonds. The van der Waals surface area contributed by atoms with E-state index in [0.29, 0.717) is 5.56 Å². The van der Waals surface area contributed by atoms with Crippen LogP contribution in [0, 0.1) is 11.3 Å². The van der Waals surface area contributed by atoms with E-state index in [-0.39, 0.29) is 0 Å². The van der Waals surface area contributed by atoms with Gasteiger partial charge in [-0.2, -0.15) is 10.4 Å². The Balaban J connectivity index is 2.16. The number of benzene rings is 1. The second-order valence-corrected chi connectivity index (χ2v) is 6.47. The first-order valence-corrected chi connectivity index (χ1v) is 6.96. The van der Waals surface area contributed by atoms with Crippen LogP contribution in [0.2, 0.25) is 0 Å². The van der Waals surface area contributed by atoms with Crippen LogP contribution in [0.25, 0.3) is 10.9 Å². The number of nitrogens with zero attached hydrogens (tertiary/aromatic N) is 3. The van der Waals surface area contributed by atoms with Crippen molar-refractivity contribution in [3.8, 4) is 6.07 Å². The minimum absolute atomic E-state index is 0.408. The van der Waals surface area contributed by atoms with E-state index in [9.17, 15) is 5.26 Å². The highest BCUT2D eigenvalue weighted by molar-refractivity contribution is 6.65. The van der Waals surface area contributed by atoms with E-state index in [2.05, 4.69) is 11.2 Å². The summed E-state index contributed by atoms with van der Waals surface area (Å²) in [7, 11) is 1.37. The van der Waals surface area contributed by atoms with E-state index < -0.39 is 18.3 Å². The summed E-state index contributed by atoms with van der Waals surface area (Å²) < 4.78 is 14.0. The molecular formula is C15H18BN3O2. The fraction of sp³-hybridized carbons (Fsp3) is 0.467. The lowest BCUT2D eigenvalue weighted by Crippen LogP contribution is -2.41. The van der Waals surface area contributed by atoms with Gasteiger partial charge in [-0.3, -0.25) is 4.68 Å². The van der Waals surface area contributed by atoms with Crippen molar-refractivity contribution in [2.75, 3.05) is 0 Å². The highest BCUT2D eigenvalue weighted by atomic mass is 16.7. The van der Waals surface area contributed by atoms with Crippen molar-refractivity contribution in [2.24, 2.45) is 7.05 Å². The molecule has 108 valence electrons. The molecular weight excluding hydrogens is 265 g/mol. The number of aryl methyl sites for hydroxylation is 1. The third kappa shape index (κ3) is 2.05. The van der Waals surface area contributed by atoms with E-state index in [1.807, 2.05) is 46.9 Å². The van der Waals surface area contributed by atoms with Crippen molar-refractivity contribution in [3.63, 3.8) is 0 Å². The summed E-state index contributed by atoms with van der Waals surface area (Å²) in [6.45, 7) is 8.06. The van der Waals surface area contributed by atoms with Crippen molar-refractivity contribution < 1.29 is 9.31 Å². The number of aromatic nitrogens is 2. The molecule has 1 aliphatic heterocycles. The normalized spacial score (nSPS) is 19.9. The molecule has 1 aromatic heterocycles. The standard InChI is InChI=1S/C15H18BN3O2/c1-14(2)15(3,4)21-16(20-14)12-6-10(8-17)7-13-11(12)9-18-19(13)5/h6-7,9H,1-5H3. The van der Waals surface area contributed by atoms with Gasteiger partial charge in [0.15, 0.2) is 0 Å². The molecule has 1 saturated heterocycles. The first-order valence-electron chi connectivity index (χ1n) is 6.96. The minimum Gasteiger partial charge on any atom is -0.399 e. The van der Waals surface area contributed by atoms with Crippen molar-refractivity contribution >= 4 is 23.5 Å². The lowest BCUT2D eigenvalue weighted by atomic mass is 9.76. The Morgan fingerprint density at radius 3 is 2.38 bits per heavy atom. The average Bonchev–Trinajstić information content (AvgIpc) is 2.87. The third-order valence-corrected chi connectivity index (χ3v) is 4.54. The van der Waals surface area contributed by atoms with Crippen molar-refractivity contribution in [2.45, 2.75) is 38.9 Å². The van der Waals surface area contributed by atoms with Crippen LogP contribution in [0.5, 0.6) is 0 Å². The Morgan fingerprint density at radius 1 is 1.19 bits per heavy atom. The number of nitriles is 1. The molecule has 0 aliphatic carbocycles. The van der Waals surface area contributed by atoms with Gasteiger partial charge in [-0.15, -0.1) is 0 Å². The van der Waals surface area contributed by atoms with Gasteiger partial charge in [-0.1, -0.05) is 0 Å². The Hall–Kier alpha value is -1.84. The number of fused-ring (bicyclic) bond motifs is 1. The van der Waals surface area contributed by atoms with Crippen LogP contribution in [0.15, 0.2) is 18.3 Å². The summed E-state index contributed by atoms with van der Waals surface area (Å²) in [5.41, 5.74) is 1.52. The van der Waals surface area contributed by atoms with Gasteiger partial charge in [0.2, 0.25) is 0 Å². The Morgan fingerprint density at radius 2 is 1.81 bits per heavy atom. The SMILES string of the molecule is Cn1ncc2c(B3OC(C)(C)C(C)(C)O3)cc(C#N)cc21. The molecule has 0 saturated carbocycles. The zero-order chi connectivity index (χ0) is 15.4. The smallest absolute Gasteiger partial charge is 0.399 e. The van der Waals surface area contributed by atoms with Crippen molar-refractivity contribution in [1.29, 1.82) is 5.26 Å². The van der Waals surface area contributed by atoms with Crippen molar-refractivity contribution in [3.05, 3.63) is 23.9 Å². The van der Waals surface area contributed by atoms with Gasteiger partial charge in [0.1, 0.15) is 0 Å². The van der Waals surface area contributed by atoms with E-state index in [0.717, 1.165) is 16.4 Å². The van der Waals surface area contributed by atoms with Gasteiger partial charge in [0.25, 0.3) is 0 Å². The quantitative estimate of drug-likeness (QED) is 0.748. The molecule has 1 fully saturated rings. The lowest BCUT2D eigenvalue weighted by molar-refractivity contribution is 0.00578. The largest absolute Gasteiger partial charge is 0.495 e. The molecule has 1 aliphatic rings. The Kier molecular flexibility index (Phi) is 2.91. The Labute approximate surface area is 124 Å². The molecule has 0 spiro atoms. The average molecular weight is 283 g/mol. The van der Waals surface area contributed by atoms with Crippen molar-refractivity contribution in [1.82, 2.24) is 9.78 Å². The fourth-order valence-corrected chi connectivity index (χ4v) is 2.50.